The van der Waals surface area contributed by atoms with Crippen LogP contribution in [0, 0.1) is 13.1 Å². The van der Waals surface area contributed by atoms with Gasteiger partial charge in [0.2, 0.25) is 0 Å². The molecule has 1 rings (SSSR count). The average molecular weight is 166 g/mol. The zero-order valence-corrected chi connectivity index (χ0v) is 7.33. The number of ether oxygens (including phenoxy) is 2. The molecule has 1 heterocycles. The first kappa shape index (κ1) is 9.00. The van der Waals surface area contributed by atoms with E-state index < -0.39 is 0 Å². The summed E-state index contributed by atoms with van der Waals surface area (Å²) >= 11 is 0. The van der Waals surface area contributed by atoms with E-state index in [0.29, 0.717) is 19.0 Å². The van der Waals surface area contributed by atoms with Gasteiger partial charge >= 0.3 is 0 Å². The second kappa shape index (κ2) is 4.72. The van der Waals surface area contributed by atoms with Crippen molar-refractivity contribution in [2.24, 2.45) is 0 Å². The van der Waals surface area contributed by atoms with E-state index in [1.54, 1.807) is 13.3 Å². The van der Waals surface area contributed by atoms with Gasteiger partial charge in [-0.05, 0) is 18.6 Å². The molecule has 1 aromatic heterocycles. The Morgan fingerprint density at radius 2 is 2.33 bits per heavy atom. The highest BCUT2D eigenvalue weighted by atomic mass is 16.5. The van der Waals surface area contributed by atoms with Gasteiger partial charge in [0.25, 0.3) is 0 Å². The van der Waals surface area contributed by atoms with Crippen molar-refractivity contribution < 1.29 is 9.47 Å². The van der Waals surface area contributed by atoms with Gasteiger partial charge in [0.15, 0.2) is 0 Å². The highest BCUT2D eigenvalue weighted by molar-refractivity contribution is 5.26. The maximum Gasteiger partial charge on any atom is 0.150 e. The van der Waals surface area contributed by atoms with Gasteiger partial charge in [-0.25, -0.2) is 0 Å². The number of aromatic nitrogens is 1. The second-order valence-electron chi connectivity index (χ2n) is 2.41. The SMILES string of the molecule is COCCOc1[c]nccc1C. The molecule has 0 atom stereocenters. The molecule has 0 bridgehead atoms. The Morgan fingerprint density at radius 1 is 1.50 bits per heavy atom. The lowest BCUT2D eigenvalue weighted by molar-refractivity contribution is 0.145. The summed E-state index contributed by atoms with van der Waals surface area (Å²) in [5.41, 5.74) is 1.04. The number of aryl methyl sites for hydroxylation is 1. The van der Waals surface area contributed by atoms with E-state index in [0.717, 1.165) is 5.56 Å². The smallest absolute Gasteiger partial charge is 0.150 e. The summed E-state index contributed by atoms with van der Waals surface area (Å²) in [6.07, 6.45) is 4.46. The van der Waals surface area contributed by atoms with Gasteiger partial charge in [0, 0.05) is 13.3 Å². The predicted molar refractivity (Wildman–Crippen MR) is 45.2 cm³/mol. The van der Waals surface area contributed by atoms with E-state index in [2.05, 4.69) is 11.2 Å². The van der Waals surface area contributed by atoms with E-state index in [4.69, 9.17) is 9.47 Å². The van der Waals surface area contributed by atoms with Gasteiger partial charge in [-0.1, -0.05) is 0 Å². The number of methoxy groups -OCH3 is 1. The largest absolute Gasteiger partial charge is 0.489 e. The van der Waals surface area contributed by atoms with E-state index in [1.807, 2.05) is 13.0 Å². The summed E-state index contributed by atoms with van der Waals surface area (Å²) in [6.45, 7) is 3.09. The molecule has 3 nitrogen and oxygen atoms in total. The lowest BCUT2D eigenvalue weighted by atomic mass is 10.3. The molecule has 0 aromatic carbocycles. The van der Waals surface area contributed by atoms with Gasteiger partial charge in [-0.15, -0.1) is 0 Å². The van der Waals surface area contributed by atoms with Crippen LogP contribution in [-0.4, -0.2) is 25.3 Å². The van der Waals surface area contributed by atoms with Crippen LogP contribution in [0.1, 0.15) is 5.56 Å². The molecule has 1 aromatic rings. The van der Waals surface area contributed by atoms with Crippen LogP contribution in [0.2, 0.25) is 0 Å². The molecule has 0 N–H and O–H groups in total. The van der Waals surface area contributed by atoms with Gasteiger partial charge in [0.05, 0.1) is 6.61 Å². The standard InChI is InChI=1S/C9H12NO2/c1-8-3-4-10-7-9(8)12-6-5-11-2/h3-4H,5-6H2,1-2H3. The molecule has 0 spiro atoms. The fourth-order valence-electron chi connectivity index (χ4n) is 0.782. The molecule has 1 radical (unpaired) electrons. The molecule has 0 aliphatic carbocycles. The first-order valence-corrected chi connectivity index (χ1v) is 3.79. The molecule has 3 heteroatoms. The molecule has 0 amide bonds. The van der Waals surface area contributed by atoms with Gasteiger partial charge in [-0.3, -0.25) is 4.98 Å². The van der Waals surface area contributed by atoms with Crippen LogP contribution in [0.15, 0.2) is 12.3 Å². The van der Waals surface area contributed by atoms with Crippen molar-refractivity contribution in [2.75, 3.05) is 20.3 Å². The van der Waals surface area contributed by atoms with Gasteiger partial charge in [-0.2, -0.15) is 0 Å². The minimum atomic E-state index is 0.541. The molecule has 0 aliphatic rings. The lowest BCUT2D eigenvalue weighted by Crippen LogP contribution is -2.05. The van der Waals surface area contributed by atoms with Crippen LogP contribution in [0.25, 0.3) is 0 Å². The van der Waals surface area contributed by atoms with Crippen molar-refractivity contribution in [3.05, 3.63) is 24.0 Å². The molecule has 0 aliphatic heterocycles. The predicted octanol–water partition coefficient (Wildman–Crippen LogP) is 1.22. The van der Waals surface area contributed by atoms with Gasteiger partial charge in [0.1, 0.15) is 18.6 Å². The fraction of sp³-hybridized carbons (Fsp3) is 0.444. The summed E-state index contributed by atoms with van der Waals surface area (Å²) in [7, 11) is 1.64. The van der Waals surface area contributed by atoms with Crippen molar-refractivity contribution >= 4 is 0 Å². The lowest BCUT2D eigenvalue weighted by Gasteiger charge is -2.05. The fourth-order valence-corrected chi connectivity index (χ4v) is 0.782. The first-order chi connectivity index (χ1) is 5.84. The quantitative estimate of drug-likeness (QED) is 0.630. The van der Waals surface area contributed by atoms with Crippen molar-refractivity contribution in [2.45, 2.75) is 6.92 Å². The maximum absolute atomic E-state index is 5.33. The third-order valence-corrected chi connectivity index (χ3v) is 1.46. The summed E-state index contributed by atoms with van der Waals surface area (Å²) in [6, 6.07) is 1.89. The van der Waals surface area contributed by atoms with Crippen molar-refractivity contribution in [3.63, 3.8) is 0 Å². The van der Waals surface area contributed by atoms with Gasteiger partial charge < -0.3 is 9.47 Å². The van der Waals surface area contributed by atoms with E-state index in [1.165, 1.54) is 0 Å². The first-order valence-electron chi connectivity index (χ1n) is 3.79. The van der Waals surface area contributed by atoms with E-state index >= 15 is 0 Å². The summed E-state index contributed by atoms with van der Waals surface area (Å²) in [5.74, 6) is 0.703. The molecule has 0 unspecified atom stereocenters. The van der Waals surface area contributed by atoms with E-state index in [-0.39, 0.29) is 0 Å². The van der Waals surface area contributed by atoms with Crippen LogP contribution in [0.4, 0.5) is 0 Å². The zero-order chi connectivity index (χ0) is 8.81. The minimum Gasteiger partial charge on any atom is -0.489 e. The summed E-state index contributed by atoms with van der Waals surface area (Å²) < 4.78 is 10.2. The maximum atomic E-state index is 5.33. The second-order valence-corrected chi connectivity index (χ2v) is 2.41. The Bertz CT molecular complexity index is 238. The highest BCUT2D eigenvalue weighted by Crippen LogP contribution is 2.12. The highest BCUT2D eigenvalue weighted by Gasteiger charge is 1.97. The van der Waals surface area contributed by atoms with Crippen LogP contribution >= 0.6 is 0 Å². The van der Waals surface area contributed by atoms with Crippen molar-refractivity contribution in [1.29, 1.82) is 0 Å². The number of pyridine rings is 1. The van der Waals surface area contributed by atoms with Crippen LogP contribution in [-0.2, 0) is 4.74 Å². The average Bonchev–Trinajstić information content (AvgIpc) is 2.09. The molecular weight excluding hydrogens is 154 g/mol. The minimum absolute atomic E-state index is 0.541. The van der Waals surface area contributed by atoms with Crippen LogP contribution in [0.3, 0.4) is 0 Å². The third kappa shape index (κ3) is 2.51. The number of rotatable bonds is 4. The normalized spacial score (nSPS) is 9.83. The monoisotopic (exact) mass is 166 g/mol. The zero-order valence-electron chi connectivity index (χ0n) is 7.33. The Labute approximate surface area is 72.3 Å². The topological polar surface area (TPSA) is 31.4 Å². The Morgan fingerprint density at radius 3 is 3.00 bits per heavy atom. The molecular formula is C9H12NO2. The molecule has 0 saturated heterocycles. The molecule has 0 saturated carbocycles. The molecule has 12 heavy (non-hydrogen) atoms. The molecule has 0 fully saturated rings. The Balaban J connectivity index is 2.46. The third-order valence-electron chi connectivity index (χ3n) is 1.46. The van der Waals surface area contributed by atoms with Crippen LogP contribution < -0.4 is 4.74 Å². The van der Waals surface area contributed by atoms with Crippen LogP contribution in [0.5, 0.6) is 5.75 Å². The van der Waals surface area contributed by atoms with E-state index in [9.17, 15) is 0 Å². The van der Waals surface area contributed by atoms with Crippen molar-refractivity contribution in [1.82, 2.24) is 4.98 Å². The summed E-state index contributed by atoms with van der Waals surface area (Å²) in [5, 5.41) is 0. The molecule has 65 valence electrons. The number of nitrogens with zero attached hydrogens (tertiary/aromatic N) is 1. The Hall–Kier alpha value is -1.09. The Kier molecular flexibility index (Phi) is 3.54. The summed E-state index contributed by atoms with van der Waals surface area (Å²) in [4.78, 5) is 3.83. The van der Waals surface area contributed by atoms with Crippen molar-refractivity contribution in [3.8, 4) is 5.75 Å². The number of hydrogen-bond acceptors (Lipinski definition) is 3. The number of hydrogen-bond donors (Lipinski definition) is 0.